The number of esters is 3. The lowest BCUT2D eigenvalue weighted by atomic mass is 9.47. The van der Waals surface area contributed by atoms with Gasteiger partial charge >= 0.3 is 17.9 Å². The zero-order valence-corrected chi connectivity index (χ0v) is 37.4. The first kappa shape index (κ1) is 43.5. The van der Waals surface area contributed by atoms with Crippen LogP contribution in [0.25, 0.3) is 10.9 Å². The van der Waals surface area contributed by atoms with Gasteiger partial charge in [-0.2, -0.15) is 0 Å². The van der Waals surface area contributed by atoms with Crippen LogP contribution < -0.4 is 9.64 Å². The molecular formula is C49H62N4O10. The number of hydrogen-bond donors (Lipinski definition) is 3. The Bertz CT molecular complexity index is 2360. The number of H-pyrrole nitrogens is 1. The van der Waals surface area contributed by atoms with Crippen LogP contribution in [0.1, 0.15) is 75.3 Å². The molecule has 3 fully saturated rings. The number of aromatic amines is 1. The van der Waals surface area contributed by atoms with Crippen molar-refractivity contribution in [1.82, 2.24) is 14.8 Å². The molecule has 6 aliphatic rings. The summed E-state index contributed by atoms with van der Waals surface area (Å²) in [4.78, 5) is 53.7. The van der Waals surface area contributed by atoms with Crippen molar-refractivity contribution in [2.45, 2.75) is 99.5 Å². The zero-order valence-electron chi connectivity index (χ0n) is 37.4. The zero-order chi connectivity index (χ0) is 44.7. The van der Waals surface area contributed by atoms with Crippen molar-refractivity contribution in [3.8, 4) is 5.75 Å². The number of aliphatic hydroxyl groups is 2. The fourth-order valence-electron chi connectivity index (χ4n) is 13.7. The standard InChI is InChI=1S/C49H62N4O10/c1-8-22-62-29-53-37-24-38(59-5)35(23-34(37)47-18-21-52-19-13-17-46(10-3,40(47)52)42(63-30(4)54)49(58,41(47)53)44(56)61-7)48(43(55)60-6)26-31-25-45(57,9-2)28-51(27-31)20-16-33-32-14-11-12-15-36(32)50-39(33)48/h8,11-15,17,23-24,31,40-42,50,57-58H,1,9-10,16,18-22,25-29H2,2-7H3/t31-,40+,41+,42-,45-,46-,47-,48+,49-/m0/s1. The molecule has 10 atom stereocenters. The molecule has 3 N–H and O–H groups in total. The number of ether oxygens (including phenoxy) is 5. The maximum Gasteiger partial charge on any atom is 0.344 e. The lowest BCUT2D eigenvalue weighted by Gasteiger charge is -2.63. The second-order valence-electron chi connectivity index (χ2n) is 18.9. The lowest BCUT2D eigenvalue weighted by molar-refractivity contribution is -0.229. The molecule has 9 rings (SSSR count). The van der Waals surface area contributed by atoms with Crippen molar-refractivity contribution >= 4 is 34.5 Å². The second kappa shape index (κ2) is 15.8. The van der Waals surface area contributed by atoms with E-state index in [0.717, 1.165) is 27.7 Å². The van der Waals surface area contributed by atoms with E-state index in [1.54, 1.807) is 13.2 Å². The van der Waals surface area contributed by atoms with Crippen LogP contribution in [0.3, 0.4) is 0 Å². The number of nitrogens with zero attached hydrogens (tertiary/aromatic N) is 3. The molecule has 3 aromatic rings. The number of para-hydroxylation sites is 1. The van der Waals surface area contributed by atoms with Gasteiger partial charge in [-0.1, -0.05) is 50.3 Å². The molecule has 338 valence electrons. The van der Waals surface area contributed by atoms with Gasteiger partial charge in [0.2, 0.25) is 5.60 Å². The van der Waals surface area contributed by atoms with Crippen LogP contribution in [0, 0.1) is 11.3 Å². The van der Waals surface area contributed by atoms with E-state index in [-0.39, 0.29) is 25.3 Å². The Balaban J connectivity index is 1.38. The summed E-state index contributed by atoms with van der Waals surface area (Å²) in [5.74, 6) is -1.75. The minimum absolute atomic E-state index is 0.0659. The minimum atomic E-state index is -2.41. The van der Waals surface area contributed by atoms with E-state index in [1.807, 2.05) is 55.2 Å². The van der Waals surface area contributed by atoms with Crippen LogP contribution in [0.15, 0.2) is 61.2 Å². The van der Waals surface area contributed by atoms with Gasteiger partial charge in [-0.25, -0.2) is 4.79 Å². The summed E-state index contributed by atoms with van der Waals surface area (Å²) in [6.45, 7) is 12.4. The number of benzene rings is 2. The number of methoxy groups -OCH3 is 3. The van der Waals surface area contributed by atoms with Crippen molar-refractivity contribution in [3.63, 3.8) is 0 Å². The van der Waals surface area contributed by atoms with Gasteiger partial charge in [0.05, 0.1) is 39.6 Å². The molecule has 14 nitrogen and oxygen atoms in total. The van der Waals surface area contributed by atoms with Gasteiger partial charge < -0.3 is 43.8 Å². The number of hydrogen-bond acceptors (Lipinski definition) is 13. The SMILES string of the molecule is C=CCOCN1c2cc(OC)c([C@]3(C(=O)OC)C[C@H]4CN(CCc5c3[nH]c3ccccc53)C[C@](O)(CC)C4)cc2[C@@]23CCN4CC=C[C@@](CC)([C@@H]42)[C@H](OC(C)=O)[C@](O)(C(=O)OC)[C@H]13. The highest BCUT2D eigenvalue weighted by molar-refractivity contribution is 5.95. The number of carbonyl (C=O) groups is 3. The molecule has 1 saturated carbocycles. The summed E-state index contributed by atoms with van der Waals surface area (Å²) in [5, 5.41) is 26.7. The van der Waals surface area contributed by atoms with Crippen molar-refractivity contribution in [3.05, 3.63) is 83.6 Å². The number of carbonyl (C=O) groups excluding carboxylic acids is 3. The summed E-state index contributed by atoms with van der Waals surface area (Å²) in [5.41, 5.74) is -2.23. The number of aromatic nitrogens is 1. The number of anilines is 1. The molecule has 2 aromatic carbocycles. The van der Waals surface area contributed by atoms with E-state index in [9.17, 15) is 19.8 Å². The normalized spacial score (nSPS) is 35.3. The summed E-state index contributed by atoms with van der Waals surface area (Å²) in [7, 11) is 4.25. The van der Waals surface area contributed by atoms with E-state index in [2.05, 4.69) is 33.5 Å². The fourth-order valence-corrected chi connectivity index (χ4v) is 13.7. The predicted octanol–water partition coefficient (Wildman–Crippen LogP) is 4.52. The third-order valence-electron chi connectivity index (χ3n) is 15.9. The summed E-state index contributed by atoms with van der Waals surface area (Å²) >= 11 is 0. The molecule has 1 aromatic heterocycles. The molecule has 2 bridgehead atoms. The predicted molar refractivity (Wildman–Crippen MR) is 236 cm³/mol. The van der Waals surface area contributed by atoms with Gasteiger partial charge in [-0.15, -0.1) is 6.58 Å². The van der Waals surface area contributed by atoms with Gasteiger partial charge in [0.1, 0.15) is 17.9 Å². The fraction of sp³-hybridized carbons (Fsp3) is 0.571. The Kier molecular flexibility index (Phi) is 10.9. The lowest BCUT2D eigenvalue weighted by Crippen LogP contribution is -2.81. The largest absolute Gasteiger partial charge is 0.496 e. The number of rotatable bonds is 11. The Labute approximate surface area is 369 Å². The average Bonchev–Trinajstić information content (AvgIpc) is 3.96. The van der Waals surface area contributed by atoms with Crippen LogP contribution in [0.2, 0.25) is 0 Å². The monoisotopic (exact) mass is 866 g/mol. The molecule has 14 heteroatoms. The van der Waals surface area contributed by atoms with Crippen molar-refractivity contribution < 1.29 is 48.3 Å². The first-order valence-corrected chi connectivity index (χ1v) is 22.5. The smallest absolute Gasteiger partial charge is 0.344 e. The highest BCUT2D eigenvalue weighted by Gasteiger charge is 2.81. The maximum atomic E-state index is 15.5. The number of piperidine rings is 1. The topological polar surface area (TPSA) is 163 Å². The van der Waals surface area contributed by atoms with Crippen molar-refractivity contribution in [2.75, 3.05) is 72.3 Å². The molecule has 1 unspecified atom stereocenters. The van der Waals surface area contributed by atoms with E-state index < -0.39 is 57.5 Å². The third kappa shape index (κ3) is 6.03. The second-order valence-corrected chi connectivity index (χ2v) is 18.9. The highest BCUT2D eigenvalue weighted by atomic mass is 16.6. The van der Waals surface area contributed by atoms with Crippen molar-refractivity contribution in [2.24, 2.45) is 11.3 Å². The maximum absolute atomic E-state index is 15.5. The average molecular weight is 867 g/mol. The van der Waals surface area contributed by atoms with Crippen LogP contribution in [-0.4, -0.2) is 140 Å². The molecule has 6 heterocycles. The van der Waals surface area contributed by atoms with Crippen LogP contribution in [-0.2, 0) is 50.6 Å². The summed E-state index contributed by atoms with van der Waals surface area (Å²) in [6, 6.07) is 10.7. The summed E-state index contributed by atoms with van der Waals surface area (Å²) < 4.78 is 30.4. The van der Waals surface area contributed by atoms with E-state index in [1.165, 1.54) is 21.1 Å². The van der Waals surface area contributed by atoms with E-state index in [4.69, 9.17) is 23.7 Å². The van der Waals surface area contributed by atoms with Gasteiger partial charge in [0.25, 0.3) is 0 Å². The Morgan fingerprint density at radius 3 is 2.46 bits per heavy atom. The number of fused-ring (bicyclic) bond motifs is 6. The van der Waals surface area contributed by atoms with Crippen LogP contribution in [0.4, 0.5) is 5.69 Å². The van der Waals surface area contributed by atoms with Crippen LogP contribution in [0.5, 0.6) is 5.75 Å². The van der Waals surface area contributed by atoms with Crippen molar-refractivity contribution in [1.29, 1.82) is 0 Å². The quantitative estimate of drug-likeness (QED) is 0.107. The van der Waals surface area contributed by atoms with Gasteiger partial charge in [-0.05, 0) is 74.2 Å². The van der Waals surface area contributed by atoms with Gasteiger partial charge in [0.15, 0.2) is 6.10 Å². The Hall–Kier alpha value is -4.73. The minimum Gasteiger partial charge on any atom is -0.496 e. The third-order valence-corrected chi connectivity index (χ3v) is 15.9. The molecule has 1 aliphatic carbocycles. The van der Waals surface area contributed by atoms with Gasteiger partial charge in [-0.3, -0.25) is 19.4 Å². The highest BCUT2D eigenvalue weighted by Crippen LogP contribution is 2.68. The molecule has 5 aliphatic heterocycles. The summed E-state index contributed by atoms with van der Waals surface area (Å²) in [6.07, 6.45) is 7.29. The molecular weight excluding hydrogens is 805 g/mol. The molecule has 0 amide bonds. The van der Waals surface area contributed by atoms with Crippen LogP contribution >= 0.6 is 0 Å². The van der Waals surface area contributed by atoms with E-state index in [0.29, 0.717) is 88.2 Å². The molecule has 2 saturated heterocycles. The first-order chi connectivity index (χ1) is 30.3. The first-order valence-electron chi connectivity index (χ1n) is 22.5. The van der Waals surface area contributed by atoms with Gasteiger partial charge in [0, 0.05) is 83.9 Å². The Morgan fingerprint density at radius 2 is 1.76 bits per heavy atom. The molecule has 63 heavy (non-hydrogen) atoms. The Morgan fingerprint density at radius 1 is 0.984 bits per heavy atom. The molecule has 1 spiro atoms. The molecule has 0 radical (unpaired) electrons. The van der Waals surface area contributed by atoms with E-state index >= 15 is 4.79 Å². The number of nitrogens with one attached hydrogen (secondary N) is 1.